The lowest BCUT2D eigenvalue weighted by Gasteiger charge is -2.17. The first-order chi connectivity index (χ1) is 10.2. The van der Waals surface area contributed by atoms with Crippen LogP contribution >= 0.6 is 11.6 Å². The van der Waals surface area contributed by atoms with E-state index in [0.29, 0.717) is 16.8 Å². The van der Waals surface area contributed by atoms with E-state index in [4.69, 9.17) is 17.3 Å². The number of aromatic nitrogens is 4. The Bertz CT molecular complexity index is 561. The lowest BCUT2D eigenvalue weighted by atomic mass is 10.0. The number of hydrogen-bond acceptors (Lipinski definition) is 4. The summed E-state index contributed by atoms with van der Waals surface area (Å²) in [6.45, 7) is 4.38. The highest BCUT2D eigenvalue weighted by molar-refractivity contribution is 6.31. The molecule has 2 aromatic rings. The fourth-order valence-electron chi connectivity index (χ4n) is 2.53. The molecule has 0 radical (unpaired) electrons. The molecule has 1 aromatic heterocycles. The van der Waals surface area contributed by atoms with Gasteiger partial charge in [0.15, 0.2) is 5.82 Å². The lowest BCUT2D eigenvalue weighted by Crippen LogP contribution is -2.12. The van der Waals surface area contributed by atoms with Crippen molar-refractivity contribution >= 4 is 17.3 Å². The molecule has 114 valence electrons. The fourth-order valence-corrected chi connectivity index (χ4v) is 2.78. The molecular weight excluding hydrogens is 286 g/mol. The number of benzene rings is 1. The van der Waals surface area contributed by atoms with E-state index in [1.807, 2.05) is 16.8 Å². The summed E-state index contributed by atoms with van der Waals surface area (Å²) in [5, 5.41) is 12.8. The molecule has 0 fully saturated rings. The van der Waals surface area contributed by atoms with Crippen molar-refractivity contribution in [3.05, 3.63) is 23.2 Å². The van der Waals surface area contributed by atoms with Crippen LogP contribution in [0.4, 0.5) is 5.69 Å². The first kappa shape index (κ1) is 15.8. The number of halogens is 1. The zero-order valence-corrected chi connectivity index (χ0v) is 13.3. The molecule has 0 aliphatic heterocycles. The zero-order valence-electron chi connectivity index (χ0n) is 12.6. The standard InChI is InChI=1S/C15H22ClN5/c1-3-5-7-14(6-4-2)21-15(18-19-20-21)11-8-12(16)10-13(17)9-11/h8-10,14H,3-7,17H2,1-2H3. The van der Waals surface area contributed by atoms with E-state index in [1.165, 1.54) is 12.8 Å². The van der Waals surface area contributed by atoms with Gasteiger partial charge in [-0.05, 0) is 41.5 Å². The Morgan fingerprint density at radius 3 is 2.67 bits per heavy atom. The summed E-state index contributed by atoms with van der Waals surface area (Å²) >= 11 is 6.09. The number of nitrogens with two attached hydrogens (primary N) is 1. The van der Waals surface area contributed by atoms with Gasteiger partial charge in [0.05, 0.1) is 6.04 Å². The van der Waals surface area contributed by atoms with E-state index < -0.39 is 0 Å². The van der Waals surface area contributed by atoms with Crippen LogP contribution in [0.5, 0.6) is 0 Å². The molecule has 1 atom stereocenters. The second-order valence-corrected chi connectivity index (χ2v) is 5.74. The van der Waals surface area contributed by atoms with Crippen LogP contribution in [0.2, 0.25) is 5.02 Å². The maximum atomic E-state index is 6.09. The second-order valence-electron chi connectivity index (χ2n) is 5.31. The SMILES string of the molecule is CCCCC(CCC)n1nnnc1-c1cc(N)cc(Cl)c1. The average Bonchev–Trinajstić information content (AvgIpc) is 2.91. The van der Waals surface area contributed by atoms with Crippen LogP contribution in [0.25, 0.3) is 11.4 Å². The number of tetrazole rings is 1. The predicted octanol–water partition coefficient (Wildman–Crippen LogP) is 4.11. The predicted molar refractivity (Wildman–Crippen MR) is 86.1 cm³/mol. The molecule has 0 amide bonds. The summed E-state index contributed by atoms with van der Waals surface area (Å²) in [6, 6.07) is 5.75. The van der Waals surface area contributed by atoms with Crippen molar-refractivity contribution in [1.82, 2.24) is 20.2 Å². The van der Waals surface area contributed by atoms with Gasteiger partial charge in [-0.1, -0.05) is 44.7 Å². The zero-order chi connectivity index (χ0) is 15.2. The maximum absolute atomic E-state index is 6.09. The van der Waals surface area contributed by atoms with Gasteiger partial charge >= 0.3 is 0 Å². The molecule has 2 rings (SSSR count). The van der Waals surface area contributed by atoms with Gasteiger partial charge in [-0.2, -0.15) is 0 Å². The minimum atomic E-state index is 0.320. The van der Waals surface area contributed by atoms with Gasteiger partial charge in [-0.15, -0.1) is 5.10 Å². The van der Waals surface area contributed by atoms with Crippen LogP contribution in [0.3, 0.4) is 0 Å². The largest absolute Gasteiger partial charge is 0.399 e. The van der Waals surface area contributed by atoms with E-state index in [-0.39, 0.29) is 0 Å². The molecule has 1 unspecified atom stereocenters. The molecule has 0 bridgehead atoms. The Kier molecular flexibility index (Phi) is 5.56. The topological polar surface area (TPSA) is 69.6 Å². The van der Waals surface area contributed by atoms with Gasteiger partial charge in [-0.25, -0.2) is 4.68 Å². The van der Waals surface area contributed by atoms with Crippen LogP contribution in [0.15, 0.2) is 18.2 Å². The van der Waals surface area contributed by atoms with Crippen LogP contribution in [0.1, 0.15) is 52.0 Å². The van der Waals surface area contributed by atoms with E-state index in [9.17, 15) is 0 Å². The van der Waals surface area contributed by atoms with Crippen molar-refractivity contribution in [3.63, 3.8) is 0 Å². The number of rotatable bonds is 7. The third-order valence-corrected chi connectivity index (χ3v) is 3.75. The smallest absolute Gasteiger partial charge is 0.182 e. The molecule has 2 N–H and O–H groups in total. The molecule has 5 nitrogen and oxygen atoms in total. The molecular formula is C15H22ClN5. The van der Waals surface area contributed by atoms with Crippen molar-refractivity contribution in [2.45, 2.75) is 52.0 Å². The Hall–Kier alpha value is -1.62. The van der Waals surface area contributed by atoms with Gasteiger partial charge in [-0.3, -0.25) is 0 Å². The maximum Gasteiger partial charge on any atom is 0.182 e. The van der Waals surface area contributed by atoms with Crippen molar-refractivity contribution in [3.8, 4) is 11.4 Å². The summed E-state index contributed by atoms with van der Waals surface area (Å²) in [5.41, 5.74) is 7.35. The second kappa shape index (κ2) is 7.41. The number of anilines is 1. The third-order valence-electron chi connectivity index (χ3n) is 3.53. The summed E-state index contributed by atoms with van der Waals surface area (Å²) in [6.07, 6.45) is 5.58. The fraction of sp³-hybridized carbons (Fsp3) is 0.533. The van der Waals surface area contributed by atoms with Crippen molar-refractivity contribution < 1.29 is 0 Å². The molecule has 0 saturated heterocycles. The molecule has 1 aromatic carbocycles. The summed E-state index contributed by atoms with van der Waals surface area (Å²) < 4.78 is 1.92. The third kappa shape index (κ3) is 3.94. The van der Waals surface area contributed by atoms with Gasteiger partial charge in [0, 0.05) is 16.3 Å². The van der Waals surface area contributed by atoms with E-state index >= 15 is 0 Å². The van der Waals surface area contributed by atoms with Crippen LogP contribution in [0, 0.1) is 0 Å². The number of nitrogens with zero attached hydrogens (tertiary/aromatic N) is 4. The minimum absolute atomic E-state index is 0.320. The highest BCUT2D eigenvalue weighted by Crippen LogP contribution is 2.28. The molecule has 1 heterocycles. The quantitative estimate of drug-likeness (QED) is 0.782. The van der Waals surface area contributed by atoms with Gasteiger partial charge in [0.1, 0.15) is 0 Å². The Labute approximate surface area is 130 Å². The van der Waals surface area contributed by atoms with E-state index in [0.717, 1.165) is 30.7 Å². The van der Waals surface area contributed by atoms with Crippen LogP contribution in [-0.2, 0) is 0 Å². The Morgan fingerprint density at radius 2 is 2.00 bits per heavy atom. The first-order valence-electron chi connectivity index (χ1n) is 7.50. The molecule has 6 heteroatoms. The summed E-state index contributed by atoms with van der Waals surface area (Å²) in [5.74, 6) is 0.735. The number of nitrogen functional groups attached to an aromatic ring is 1. The van der Waals surface area contributed by atoms with Crippen LogP contribution in [-0.4, -0.2) is 20.2 Å². The van der Waals surface area contributed by atoms with E-state index in [1.54, 1.807) is 6.07 Å². The minimum Gasteiger partial charge on any atom is -0.399 e. The van der Waals surface area contributed by atoms with Gasteiger partial charge in [0.2, 0.25) is 0 Å². The average molecular weight is 308 g/mol. The normalized spacial score (nSPS) is 12.5. The highest BCUT2D eigenvalue weighted by Gasteiger charge is 2.18. The monoisotopic (exact) mass is 307 g/mol. The number of hydrogen-bond donors (Lipinski definition) is 1. The first-order valence-corrected chi connectivity index (χ1v) is 7.87. The van der Waals surface area contributed by atoms with Crippen LogP contribution < -0.4 is 5.73 Å². The molecule has 0 aliphatic rings. The Balaban J connectivity index is 2.35. The summed E-state index contributed by atoms with van der Waals surface area (Å²) in [7, 11) is 0. The molecule has 21 heavy (non-hydrogen) atoms. The van der Waals surface area contributed by atoms with Crippen molar-refractivity contribution in [1.29, 1.82) is 0 Å². The molecule has 0 saturated carbocycles. The number of unbranched alkanes of at least 4 members (excludes halogenated alkanes) is 1. The summed E-state index contributed by atoms with van der Waals surface area (Å²) in [4.78, 5) is 0. The van der Waals surface area contributed by atoms with Crippen molar-refractivity contribution in [2.75, 3.05) is 5.73 Å². The van der Waals surface area contributed by atoms with E-state index in [2.05, 4.69) is 29.4 Å². The van der Waals surface area contributed by atoms with Gasteiger partial charge < -0.3 is 5.73 Å². The molecule has 0 spiro atoms. The highest BCUT2D eigenvalue weighted by atomic mass is 35.5. The Morgan fingerprint density at radius 1 is 1.19 bits per heavy atom. The lowest BCUT2D eigenvalue weighted by molar-refractivity contribution is 0.380. The molecule has 0 aliphatic carbocycles. The van der Waals surface area contributed by atoms with Gasteiger partial charge in [0.25, 0.3) is 0 Å². The van der Waals surface area contributed by atoms with Crippen molar-refractivity contribution in [2.24, 2.45) is 0 Å².